The highest BCUT2D eigenvalue weighted by Gasteiger charge is 2.38. The van der Waals surface area contributed by atoms with Crippen LogP contribution in [0.1, 0.15) is 17.5 Å². The van der Waals surface area contributed by atoms with E-state index in [1.54, 1.807) is 18.2 Å². The SMILES string of the molecule is COC1=CC(=O)O[C@H]1[C@@H](CCc1ccc2c(c1)OCO2)OS(=O)(=O)c1ccc(C)cc1. The summed E-state index contributed by atoms with van der Waals surface area (Å²) in [7, 11) is -2.70. The first kappa shape index (κ1) is 21.2. The first-order valence-electron chi connectivity index (χ1n) is 9.70. The lowest BCUT2D eigenvalue weighted by Crippen LogP contribution is -2.34. The number of rotatable bonds is 8. The van der Waals surface area contributed by atoms with Crippen molar-refractivity contribution in [1.29, 1.82) is 0 Å². The van der Waals surface area contributed by atoms with Crippen molar-refractivity contribution in [2.24, 2.45) is 0 Å². The predicted octanol–water partition coefficient (Wildman–Crippen LogP) is 2.89. The standard InChI is InChI=1S/C22H22O8S/c1-14-3-7-16(8-4-14)31(24,25)30-18(22-20(26-2)12-21(23)29-22)10-6-15-5-9-17-19(11-15)28-13-27-17/h3-5,7-9,11-12,18,22H,6,10,13H2,1-2H3/t18-,22+/m1/s1. The molecule has 8 nitrogen and oxygen atoms in total. The second-order valence-corrected chi connectivity index (χ2v) is 8.81. The van der Waals surface area contributed by atoms with Crippen molar-refractivity contribution in [3.63, 3.8) is 0 Å². The Balaban J connectivity index is 1.56. The molecule has 2 heterocycles. The van der Waals surface area contributed by atoms with E-state index < -0.39 is 28.3 Å². The quantitative estimate of drug-likeness (QED) is 0.451. The molecule has 0 aliphatic carbocycles. The molecule has 0 bridgehead atoms. The molecular formula is C22H22O8S. The first-order chi connectivity index (χ1) is 14.9. The van der Waals surface area contributed by atoms with Gasteiger partial charge in [-0.2, -0.15) is 8.42 Å². The first-order valence-corrected chi connectivity index (χ1v) is 11.1. The highest BCUT2D eigenvalue weighted by atomic mass is 32.2. The van der Waals surface area contributed by atoms with Gasteiger partial charge in [-0.15, -0.1) is 0 Å². The number of carbonyl (C=O) groups excluding carboxylic acids is 1. The van der Waals surface area contributed by atoms with E-state index >= 15 is 0 Å². The van der Waals surface area contributed by atoms with Crippen molar-refractivity contribution >= 4 is 16.1 Å². The van der Waals surface area contributed by atoms with Gasteiger partial charge < -0.3 is 18.9 Å². The molecule has 0 saturated carbocycles. The third-order valence-corrected chi connectivity index (χ3v) is 6.42. The Morgan fingerprint density at radius 1 is 1.10 bits per heavy atom. The van der Waals surface area contributed by atoms with Crippen molar-refractivity contribution in [3.05, 3.63) is 65.4 Å². The summed E-state index contributed by atoms with van der Waals surface area (Å²) >= 11 is 0. The highest BCUT2D eigenvalue weighted by molar-refractivity contribution is 7.86. The van der Waals surface area contributed by atoms with Crippen LogP contribution in [0.5, 0.6) is 11.5 Å². The average Bonchev–Trinajstić information content (AvgIpc) is 3.37. The van der Waals surface area contributed by atoms with Gasteiger partial charge in [0.1, 0.15) is 11.9 Å². The summed E-state index contributed by atoms with van der Waals surface area (Å²) in [4.78, 5) is 11.8. The van der Waals surface area contributed by atoms with Gasteiger partial charge in [0.25, 0.3) is 10.1 Å². The lowest BCUT2D eigenvalue weighted by atomic mass is 10.0. The molecule has 2 atom stereocenters. The smallest absolute Gasteiger partial charge is 0.335 e. The molecule has 0 fully saturated rings. The molecule has 9 heteroatoms. The van der Waals surface area contributed by atoms with E-state index in [2.05, 4.69) is 0 Å². The van der Waals surface area contributed by atoms with E-state index in [4.69, 9.17) is 23.1 Å². The molecule has 0 saturated heterocycles. The second kappa shape index (κ2) is 8.60. The van der Waals surface area contributed by atoms with Crippen LogP contribution in [0.4, 0.5) is 0 Å². The molecular weight excluding hydrogens is 424 g/mol. The summed E-state index contributed by atoms with van der Waals surface area (Å²) in [5.74, 6) is 0.908. The monoisotopic (exact) mass is 446 g/mol. The molecule has 4 rings (SSSR count). The van der Waals surface area contributed by atoms with Crippen LogP contribution >= 0.6 is 0 Å². The molecule has 0 aromatic heterocycles. The Morgan fingerprint density at radius 2 is 1.84 bits per heavy atom. The fourth-order valence-corrected chi connectivity index (χ4v) is 4.53. The number of esters is 1. The average molecular weight is 446 g/mol. The van der Waals surface area contributed by atoms with Gasteiger partial charge in [0.2, 0.25) is 6.79 Å². The Labute approximate surface area is 180 Å². The lowest BCUT2D eigenvalue weighted by Gasteiger charge is -2.24. The third-order valence-electron chi connectivity index (χ3n) is 5.07. The summed E-state index contributed by atoms with van der Waals surface area (Å²) in [6, 6.07) is 11.8. The van der Waals surface area contributed by atoms with Gasteiger partial charge in [-0.25, -0.2) is 4.79 Å². The van der Waals surface area contributed by atoms with Gasteiger partial charge in [-0.1, -0.05) is 23.8 Å². The Bertz CT molecular complexity index is 1100. The maximum Gasteiger partial charge on any atom is 0.335 e. The number of ether oxygens (including phenoxy) is 4. The largest absolute Gasteiger partial charge is 0.497 e. The number of benzene rings is 2. The van der Waals surface area contributed by atoms with Crippen LogP contribution in [0, 0.1) is 6.92 Å². The van der Waals surface area contributed by atoms with Gasteiger partial charge >= 0.3 is 5.97 Å². The second-order valence-electron chi connectivity index (χ2n) is 7.24. The van der Waals surface area contributed by atoms with Crippen molar-refractivity contribution < 1.29 is 36.3 Å². The van der Waals surface area contributed by atoms with Crippen LogP contribution in [-0.4, -0.2) is 40.5 Å². The van der Waals surface area contributed by atoms with Crippen molar-refractivity contribution in [3.8, 4) is 11.5 Å². The Hall–Kier alpha value is -3.04. The molecule has 2 aliphatic heterocycles. The molecule has 2 aromatic rings. The van der Waals surface area contributed by atoms with E-state index in [1.807, 2.05) is 19.1 Å². The van der Waals surface area contributed by atoms with E-state index in [0.29, 0.717) is 17.9 Å². The molecule has 0 amide bonds. The maximum absolute atomic E-state index is 12.9. The number of aryl methyl sites for hydroxylation is 2. The van der Waals surface area contributed by atoms with Crippen LogP contribution < -0.4 is 9.47 Å². The molecule has 0 N–H and O–H groups in total. The van der Waals surface area contributed by atoms with Gasteiger partial charge in [0.15, 0.2) is 17.6 Å². The lowest BCUT2D eigenvalue weighted by molar-refractivity contribution is -0.143. The van der Waals surface area contributed by atoms with Crippen LogP contribution in [0.3, 0.4) is 0 Å². The number of fused-ring (bicyclic) bond motifs is 1. The zero-order valence-corrected chi connectivity index (χ0v) is 17.9. The number of carbonyl (C=O) groups is 1. The minimum absolute atomic E-state index is 0.0263. The summed E-state index contributed by atoms with van der Waals surface area (Å²) in [5, 5.41) is 0. The van der Waals surface area contributed by atoms with Gasteiger partial charge in [0, 0.05) is 0 Å². The minimum Gasteiger partial charge on any atom is -0.497 e. The van der Waals surface area contributed by atoms with E-state index in [1.165, 1.54) is 25.3 Å². The molecule has 2 aromatic carbocycles. The molecule has 0 radical (unpaired) electrons. The predicted molar refractivity (Wildman–Crippen MR) is 109 cm³/mol. The third kappa shape index (κ3) is 4.67. The highest BCUT2D eigenvalue weighted by Crippen LogP contribution is 2.34. The van der Waals surface area contributed by atoms with E-state index in [9.17, 15) is 13.2 Å². The molecule has 164 valence electrons. The van der Waals surface area contributed by atoms with Gasteiger partial charge in [0.05, 0.1) is 18.1 Å². The maximum atomic E-state index is 12.9. The zero-order valence-electron chi connectivity index (χ0n) is 17.1. The number of hydrogen-bond acceptors (Lipinski definition) is 8. The summed E-state index contributed by atoms with van der Waals surface area (Å²) in [6.07, 6.45) is -0.0414. The van der Waals surface area contributed by atoms with Gasteiger partial charge in [-0.3, -0.25) is 4.18 Å². The van der Waals surface area contributed by atoms with Crippen molar-refractivity contribution in [1.82, 2.24) is 0 Å². The van der Waals surface area contributed by atoms with Crippen molar-refractivity contribution in [2.45, 2.75) is 36.9 Å². The Kier molecular flexibility index (Phi) is 5.88. The molecule has 0 spiro atoms. The topological polar surface area (TPSA) is 97.4 Å². The Morgan fingerprint density at radius 3 is 2.58 bits per heavy atom. The number of methoxy groups -OCH3 is 1. The van der Waals surface area contributed by atoms with Crippen LogP contribution in [0.2, 0.25) is 0 Å². The van der Waals surface area contributed by atoms with Crippen LogP contribution in [0.25, 0.3) is 0 Å². The van der Waals surface area contributed by atoms with E-state index in [-0.39, 0.29) is 23.9 Å². The normalized spacial score (nSPS) is 18.5. The van der Waals surface area contributed by atoms with E-state index in [0.717, 1.165) is 11.1 Å². The zero-order chi connectivity index (χ0) is 22.0. The van der Waals surface area contributed by atoms with Crippen LogP contribution in [0.15, 0.2) is 59.2 Å². The fourth-order valence-electron chi connectivity index (χ4n) is 3.43. The van der Waals surface area contributed by atoms with Crippen molar-refractivity contribution in [2.75, 3.05) is 13.9 Å². The van der Waals surface area contributed by atoms with Gasteiger partial charge in [-0.05, 0) is 49.6 Å². The number of cyclic esters (lactones) is 1. The molecule has 2 aliphatic rings. The minimum atomic E-state index is -4.10. The summed E-state index contributed by atoms with van der Waals surface area (Å²) in [5.41, 5.74) is 1.82. The summed E-state index contributed by atoms with van der Waals surface area (Å²) < 4.78 is 52.6. The number of hydrogen-bond donors (Lipinski definition) is 0. The summed E-state index contributed by atoms with van der Waals surface area (Å²) in [6.45, 7) is 2.03. The molecule has 0 unspecified atom stereocenters. The molecule has 31 heavy (non-hydrogen) atoms. The fraction of sp³-hybridized carbons (Fsp3) is 0.318. The van der Waals surface area contributed by atoms with Crippen LogP contribution in [-0.2, 0) is 35.0 Å².